The molecular weight excluding hydrogens is 428 g/mol. The van der Waals surface area contributed by atoms with Gasteiger partial charge in [-0.15, -0.1) is 0 Å². The number of nitrogens with zero attached hydrogens (tertiary/aromatic N) is 3. The molecule has 1 amide bonds. The third-order valence-corrected chi connectivity index (χ3v) is 6.00. The number of aromatic nitrogens is 3. The lowest BCUT2D eigenvalue weighted by Gasteiger charge is -2.11. The second kappa shape index (κ2) is 9.39. The van der Waals surface area contributed by atoms with E-state index in [0.717, 1.165) is 38.7 Å². The van der Waals surface area contributed by atoms with Gasteiger partial charge in [0, 0.05) is 24.9 Å². The largest absolute Gasteiger partial charge is 0.493 e. The Morgan fingerprint density at radius 2 is 1.65 bits per heavy atom. The zero-order valence-corrected chi connectivity index (χ0v) is 19.2. The molecule has 5 rings (SSSR count). The van der Waals surface area contributed by atoms with Crippen LogP contribution in [-0.2, 0) is 17.8 Å². The maximum Gasteiger partial charge on any atom is 0.221 e. The van der Waals surface area contributed by atoms with Gasteiger partial charge >= 0.3 is 0 Å². The number of hydrogen-bond donors (Lipinski definition) is 1. The number of benzene rings is 3. The Labute approximate surface area is 197 Å². The molecule has 0 saturated carbocycles. The van der Waals surface area contributed by atoms with Gasteiger partial charge in [-0.2, -0.15) is 0 Å². The van der Waals surface area contributed by atoms with Crippen LogP contribution in [0.25, 0.3) is 33.1 Å². The summed E-state index contributed by atoms with van der Waals surface area (Å²) in [6.45, 7) is 1.07. The highest BCUT2D eigenvalue weighted by Crippen LogP contribution is 2.29. The maximum atomic E-state index is 12.6. The second-order valence-corrected chi connectivity index (χ2v) is 8.09. The smallest absolute Gasteiger partial charge is 0.221 e. The number of fused-ring (bicyclic) bond motifs is 4. The van der Waals surface area contributed by atoms with Gasteiger partial charge < -0.3 is 19.4 Å². The highest BCUT2D eigenvalue weighted by molar-refractivity contribution is 6.06. The number of carbonyl (C=O) groups is 1. The van der Waals surface area contributed by atoms with E-state index in [0.29, 0.717) is 37.4 Å². The van der Waals surface area contributed by atoms with Crippen molar-refractivity contribution in [1.29, 1.82) is 0 Å². The van der Waals surface area contributed by atoms with Crippen LogP contribution in [0.2, 0.25) is 0 Å². The molecule has 7 heteroatoms. The van der Waals surface area contributed by atoms with Crippen LogP contribution in [0.1, 0.15) is 12.0 Å². The Balaban J connectivity index is 1.30. The first-order chi connectivity index (χ1) is 16.7. The standard InChI is InChI=1S/C27H26N4O3/c1-33-23-12-11-18(17-24(23)34-2)13-15-28-25(32)14-16-31-22-10-6-3-7-19(22)26-27(31)30-21-9-5-4-8-20(21)29-26/h3-12,17H,13-16H2,1-2H3,(H,28,32). The third-order valence-electron chi connectivity index (χ3n) is 6.00. The fourth-order valence-corrected chi connectivity index (χ4v) is 4.29. The van der Waals surface area contributed by atoms with Crippen molar-refractivity contribution < 1.29 is 14.3 Å². The van der Waals surface area contributed by atoms with Crippen LogP contribution in [0.5, 0.6) is 11.5 Å². The highest BCUT2D eigenvalue weighted by Gasteiger charge is 2.15. The molecule has 0 radical (unpaired) electrons. The normalized spacial score (nSPS) is 11.2. The van der Waals surface area contributed by atoms with Crippen molar-refractivity contribution in [1.82, 2.24) is 19.9 Å². The van der Waals surface area contributed by atoms with Crippen LogP contribution >= 0.6 is 0 Å². The molecule has 1 N–H and O–H groups in total. The van der Waals surface area contributed by atoms with Gasteiger partial charge in [0.1, 0.15) is 5.52 Å². The number of para-hydroxylation sites is 3. The first-order valence-electron chi connectivity index (χ1n) is 11.3. The van der Waals surface area contributed by atoms with Crippen molar-refractivity contribution in [2.45, 2.75) is 19.4 Å². The minimum Gasteiger partial charge on any atom is -0.493 e. The van der Waals surface area contributed by atoms with E-state index in [9.17, 15) is 4.79 Å². The summed E-state index contributed by atoms with van der Waals surface area (Å²) in [6, 6.07) is 21.8. The van der Waals surface area contributed by atoms with Gasteiger partial charge in [0.25, 0.3) is 0 Å². The van der Waals surface area contributed by atoms with Crippen LogP contribution in [-0.4, -0.2) is 41.2 Å². The van der Waals surface area contributed by atoms with Crippen LogP contribution in [0.4, 0.5) is 0 Å². The lowest BCUT2D eigenvalue weighted by molar-refractivity contribution is -0.121. The average molecular weight is 455 g/mol. The molecule has 2 aromatic heterocycles. The van der Waals surface area contributed by atoms with Gasteiger partial charge in [-0.3, -0.25) is 4.79 Å². The Hall–Kier alpha value is -4.13. The summed E-state index contributed by atoms with van der Waals surface area (Å²) in [7, 11) is 3.23. The summed E-state index contributed by atoms with van der Waals surface area (Å²) in [5, 5.41) is 4.07. The molecular formula is C27H26N4O3. The number of amides is 1. The van der Waals surface area contributed by atoms with E-state index in [-0.39, 0.29) is 5.91 Å². The van der Waals surface area contributed by atoms with Crippen LogP contribution in [0.15, 0.2) is 66.7 Å². The fourth-order valence-electron chi connectivity index (χ4n) is 4.29. The molecule has 0 saturated heterocycles. The fraction of sp³-hybridized carbons (Fsp3) is 0.222. The summed E-state index contributed by atoms with van der Waals surface area (Å²) in [6.07, 6.45) is 1.06. The van der Waals surface area contributed by atoms with Crippen molar-refractivity contribution >= 4 is 39.0 Å². The predicted octanol–water partition coefficient (Wildman–Crippen LogP) is 4.50. The molecule has 172 valence electrons. The molecule has 2 heterocycles. The molecule has 0 aliphatic rings. The number of methoxy groups -OCH3 is 2. The van der Waals surface area contributed by atoms with E-state index in [1.165, 1.54) is 0 Å². The SMILES string of the molecule is COc1ccc(CCNC(=O)CCn2c3ccccc3c3nc4ccccc4nc32)cc1OC. The summed E-state index contributed by atoms with van der Waals surface area (Å²) < 4.78 is 12.7. The molecule has 0 aliphatic carbocycles. The molecule has 0 fully saturated rings. The predicted molar refractivity (Wildman–Crippen MR) is 133 cm³/mol. The molecule has 7 nitrogen and oxygen atoms in total. The summed E-state index contributed by atoms with van der Waals surface area (Å²) in [5.74, 6) is 1.38. The lowest BCUT2D eigenvalue weighted by atomic mass is 10.1. The number of hydrogen-bond acceptors (Lipinski definition) is 5. The van der Waals surface area contributed by atoms with Crippen molar-refractivity contribution in [3.63, 3.8) is 0 Å². The van der Waals surface area contributed by atoms with E-state index in [1.807, 2.05) is 54.6 Å². The average Bonchev–Trinajstić information content (AvgIpc) is 3.18. The topological polar surface area (TPSA) is 78.3 Å². The molecule has 5 aromatic rings. The van der Waals surface area contributed by atoms with Crippen molar-refractivity contribution in [3.8, 4) is 11.5 Å². The second-order valence-electron chi connectivity index (χ2n) is 8.09. The van der Waals surface area contributed by atoms with Gasteiger partial charge in [0.05, 0.1) is 30.8 Å². The van der Waals surface area contributed by atoms with E-state index in [4.69, 9.17) is 19.4 Å². The zero-order chi connectivity index (χ0) is 23.5. The maximum absolute atomic E-state index is 12.6. The molecule has 0 spiro atoms. The van der Waals surface area contributed by atoms with Gasteiger partial charge in [-0.1, -0.05) is 36.4 Å². The number of rotatable bonds is 8. The molecule has 0 atom stereocenters. The van der Waals surface area contributed by atoms with Crippen LogP contribution in [0, 0.1) is 0 Å². The van der Waals surface area contributed by atoms with E-state index >= 15 is 0 Å². The molecule has 3 aromatic carbocycles. The van der Waals surface area contributed by atoms with Gasteiger partial charge in [0.2, 0.25) is 5.91 Å². The lowest BCUT2D eigenvalue weighted by Crippen LogP contribution is -2.26. The molecule has 0 aliphatic heterocycles. The summed E-state index contributed by atoms with van der Waals surface area (Å²) >= 11 is 0. The Morgan fingerprint density at radius 3 is 2.44 bits per heavy atom. The molecule has 34 heavy (non-hydrogen) atoms. The van der Waals surface area contributed by atoms with Gasteiger partial charge in [-0.05, 0) is 42.3 Å². The van der Waals surface area contributed by atoms with E-state index in [1.54, 1.807) is 14.2 Å². The quantitative estimate of drug-likeness (QED) is 0.373. The minimum atomic E-state index is 0.000145. The van der Waals surface area contributed by atoms with Gasteiger partial charge in [-0.25, -0.2) is 9.97 Å². The van der Waals surface area contributed by atoms with Crippen LogP contribution in [0.3, 0.4) is 0 Å². The Bertz CT molecular complexity index is 1490. The van der Waals surface area contributed by atoms with Gasteiger partial charge in [0.15, 0.2) is 17.1 Å². The summed E-state index contributed by atoms with van der Waals surface area (Å²) in [4.78, 5) is 22.4. The number of ether oxygens (including phenoxy) is 2. The monoisotopic (exact) mass is 454 g/mol. The third kappa shape index (κ3) is 4.12. The zero-order valence-electron chi connectivity index (χ0n) is 19.2. The van der Waals surface area contributed by atoms with E-state index in [2.05, 4.69) is 22.0 Å². The number of carbonyl (C=O) groups excluding carboxylic acids is 1. The van der Waals surface area contributed by atoms with Crippen molar-refractivity contribution in [3.05, 3.63) is 72.3 Å². The Kier molecular flexibility index (Phi) is 5.99. The Morgan fingerprint density at radius 1 is 0.912 bits per heavy atom. The van der Waals surface area contributed by atoms with E-state index < -0.39 is 0 Å². The van der Waals surface area contributed by atoms with Crippen LogP contribution < -0.4 is 14.8 Å². The number of nitrogens with one attached hydrogen (secondary N) is 1. The minimum absolute atomic E-state index is 0.000145. The van der Waals surface area contributed by atoms with Crippen molar-refractivity contribution in [2.24, 2.45) is 0 Å². The highest BCUT2D eigenvalue weighted by atomic mass is 16.5. The summed E-state index contributed by atoms with van der Waals surface area (Å²) in [5.41, 5.74) is 5.49. The first-order valence-corrected chi connectivity index (χ1v) is 11.3. The molecule has 0 bridgehead atoms. The molecule has 0 unspecified atom stereocenters. The van der Waals surface area contributed by atoms with Crippen molar-refractivity contribution in [2.75, 3.05) is 20.8 Å². The first kappa shape index (κ1) is 21.7. The number of aryl methyl sites for hydroxylation is 1.